The molecule has 3 nitrogen and oxygen atoms in total. The van der Waals surface area contributed by atoms with Gasteiger partial charge in [-0.3, -0.25) is 5.01 Å². The quantitative estimate of drug-likeness (QED) is 0.532. The molecule has 0 aromatic heterocycles. The van der Waals surface area contributed by atoms with Crippen molar-refractivity contribution in [1.82, 2.24) is 5.01 Å². The number of hydrogen-bond acceptors (Lipinski definition) is 3. The van der Waals surface area contributed by atoms with Crippen LogP contribution in [-0.4, -0.2) is 43.7 Å². The number of fused-ring (bicyclic) bond motifs is 3. The van der Waals surface area contributed by atoms with E-state index >= 15 is 0 Å². The molecule has 3 aromatic rings. The standard InChI is InChI=1S/C25H25N3S/c1-29-20-12-10-19(11-13-20)18-26-28-16-14-27(15-17-28)25-23-8-4-2-6-21(23)22-7-3-5-9-24(22)25/h2-13,18,25H,14-17H2,1H3/p+1/b26-18-. The van der Waals surface area contributed by atoms with Gasteiger partial charge in [0.15, 0.2) is 0 Å². The second-order valence-corrected chi connectivity index (χ2v) is 8.62. The first-order valence-corrected chi connectivity index (χ1v) is 11.5. The van der Waals surface area contributed by atoms with Gasteiger partial charge in [-0.2, -0.15) is 5.10 Å². The molecule has 1 aliphatic carbocycles. The summed E-state index contributed by atoms with van der Waals surface area (Å²) >= 11 is 1.77. The molecular formula is C25H26N3S+. The van der Waals surface area contributed by atoms with Crippen molar-refractivity contribution < 1.29 is 4.90 Å². The minimum Gasteiger partial charge on any atom is -0.322 e. The molecule has 4 heteroatoms. The molecule has 2 aliphatic rings. The van der Waals surface area contributed by atoms with E-state index in [0.717, 1.165) is 31.7 Å². The van der Waals surface area contributed by atoms with Crippen LogP contribution in [0.5, 0.6) is 0 Å². The van der Waals surface area contributed by atoms with Gasteiger partial charge in [-0.25, -0.2) is 0 Å². The van der Waals surface area contributed by atoms with E-state index in [2.05, 4.69) is 84.1 Å². The van der Waals surface area contributed by atoms with Crippen LogP contribution in [0.4, 0.5) is 0 Å². The summed E-state index contributed by atoms with van der Waals surface area (Å²) < 4.78 is 0. The lowest BCUT2D eigenvalue weighted by atomic mass is 10.0. The Morgan fingerprint density at radius 3 is 2.03 bits per heavy atom. The molecule has 0 spiro atoms. The lowest BCUT2D eigenvalue weighted by molar-refractivity contribution is -0.929. The van der Waals surface area contributed by atoms with Gasteiger partial charge in [0, 0.05) is 16.0 Å². The summed E-state index contributed by atoms with van der Waals surface area (Å²) in [4.78, 5) is 2.94. The van der Waals surface area contributed by atoms with Gasteiger partial charge >= 0.3 is 0 Å². The number of piperazine rings is 1. The molecular weight excluding hydrogens is 374 g/mol. The van der Waals surface area contributed by atoms with Crippen molar-refractivity contribution in [3.05, 3.63) is 89.5 Å². The van der Waals surface area contributed by atoms with E-state index in [4.69, 9.17) is 5.10 Å². The van der Waals surface area contributed by atoms with Gasteiger partial charge in [0.25, 0.3) is 0 Å². The number of thioether (sulfide) groups is 1. The van der Waals surface area contributed by atoms with Crippen LogP contribution in [0, 0.1) is 0 Å². The summed E-state index contributed by atoms with van der Waals surface area (Å²) in [6, 6.07) is 26.9. The molecule has 3 aromatic carbocycles. The van der Waals surface area contributed by atoms with Gasteiger partial charge in [-0.1, -0.05) is 60.7 Å². The molecule has 1 heterocycles. The molecule has 146 valence electrons. The Labute approximate surface area is 177 Å². The number of hydrazone groups is 1. The topological polar surface area (TPSA) is 20.0 Å². The molecule has 0 bridgehead atoms. The van der Waals surface area contributed by atoms with Crippen molar-refractivity contribution >= 4 is 18.0 Å². The number of nitrogens with zero attached hydrogens (tertiary/aromatic N) is 2. The maximum atomic E-state index is 4.75. The van der Waals surface area contributed by atoms with Gasteiger partial charge in [0.05, 0.1) is 32.4 Å². The number of rotatable bonds is 4. The van der Waals surface area contributed by atoms with Crippen LogP contribution in [0.3, 0.4) is 0 Å². The molecule has 1 fully saturated rings. The highest BCUT2D eigenvalue weighted by molar-refractivity contribution is 7.98. The van der Waals surface area contributed by atoms with Crippen molar-refractivity contribution in [1.29, 1.82) is 0 Å². The fourth-order valence-corrected chi connectivity index (χ4v) is 5.03. The number of hydrogen-bond donors (Lipinski definition) is 1. The van der Waals surface area contributed by atoms with E-state index in [1.165, 1.54) is 27.1 Å². The molecule has 0 atom stereocenters. The molecule has 0 radical (unpaired) electrons. The zero-order chi connectivity index (χ0) is 19.6. The Bertz CT molecular complexity index is 975. The van der Waals surface area contributed by atoms with Crippen molar-refractivity contribution in [3.63, 3.8) is 0 Å². The predicted octanol–water partition coefficient (Wildman–Crippen LogP) is 3.71. The first-order valence-electron chi connectivity index (χ1n) is 10.3. The minimum absolute atomic E-state index is 0.451. The summed E-state index contributed by atoms with van der Waals surface area (Å²) in [6.45, 7) is 4.21. The van der Waals surface area contributed by atoms with Crippen LogP contribution in [0.2, 0.25) is 0 Å². The monoisotopic (exact) mass is 400 g/mol. The highest BCUT2D eigenvalue weighted by Gasteiger charge is 2.37. The zero-order valence-electron chi connectivity index (χ0n) is 16.7. The second kappa shape index (κ2) is 8.05. The molecule has 1 N–H and O–H groups in total. The van der Waals surface area contributed by atoms with Gasteiger partial charge < -0.3 is 4.90 Å². The predicted molar refractivity (Wildman–Crippen MR) is 122 cm³/mol. The molecule has 1 aliphatic heterocycles. The summed E-state index contributed by atoms with van der Waals surface area (Å²) in [5.74, 6) is 0. The van der Waals surface area contributed by atoms with Crippen molar-refractivity contribution in [2.75, 3.05) is 32.4 Å². The summed E-state index contributed by atoms with van der Waals surface area (Å²) in [6.07, 6.45) is 4.10. The molecule has 0 amide bonds. The molecule has 1 saturated heterocycles. The highest BCUT2D eigenvalue weighted by atomic mass is 32.2. The number of quaternary nitrogens is 1. The van der Waals surface area contributed by atoms with E-state index in [1.54, 1.807) is 16.7 Å². The van der Waals surface area contributed by atoms with E-state index in [1.807, 2.05) is 6.21 Å². The summed E-state index contributed by atoms with van der Waals surface area (Å²) in [7, 11) is 0. The number of benzene rings is 3. The van der Waals surface area contributed by atoms with E-state index < -0.39 is 0 Å². The van der Waals surface area contributed by atoms with Gasteiger partial charge in [0.1, 0.15) is 6.04 Å². The van der Waals surface area contributed by atoms with Gasteiger partial charge in [0.2, 0.25) is 0 Å². The maximum absolute atomic E-state index is 4.75. The van der Waals surface area contributed by atoms with Crippen LogP contribution in [-0.2, 0) is 0 Å². The Morgan fingerprint density at radius 1 is 0.862 bits per heavy atom. The van der Waals surface area contributed by atoms with Gasteiger partial charge in [-0.05, 0) is 35.1 Å². The average Bonchev–Trinajstić information content (AvgIpc) is 3.13. The minimum atomic E-state index is 0.451. The normalized spacial score (nSPS) is 16.9. The van der Waals surface area contributed by atoms with Crippen LogP contribution in [0.25, 0.3) is 11.1 Å². The third-order valence-corrected chi connectivity index (χ3v) is 6.85. The maximum Gasteiger partial charge on any atom is 0.140 e. The van der Waals surface area contributed by atoms with Crippen LogP contribution < -0.4 is 4.90 Å². The lowest BCUT2D eigenvalue weighted by Crippen LogP contribution is -3.14. The first-order chi connectivity index (χ1) is 14.3. The Kier molecular flexibility index (Phi) is 5.13. The largest absolute Gasteiger partial charge is 0.322 e. The van der Waals surface area contributed by atoms with Crippen molar-refractivity contribution in [2.24, 2.45) is 5.10 Å². The Morgan fingerprint density at radius 2 is 1.45 bits per heavy atom. The molecule has 0 unspecified atom stereocenters. The second-order valence-electron chi connectivity index (χ2n) is 7.74. The van der Waals surface area contributed by atoms with Crippen molar-refractivity contribution in [2.45, 2.75) is 10.9 Å². The van der Waals surface area contributed by atoms with E-state index in [9.17, 15) is 0 Å². The fraction of sp³-hybridized carbons (Fsp3) is 0.240. The van der Waals surface area contributed by atoms with Crippen LogP contribution >= 0.6 is 11.8 Å². The Balaban J connectivity index is 1.29. The van der Waals surface area contributed by atoms with E-state index in [-0.39, 0.29) is 0 Å². The third-order valence-electron chi connectivity index (χ3n) is 6.11. The van der Waals surface area contributed by atoms with E-state index in [0.29, 0.717) is 6.04 Å². The summed E-state index contributed by atoms with van der Waals surface area (Å²) in [5, 5.41) is 6.97. The zero-order valence-corrected chi connectivity index (χ0v) is 17.5. The average molecular weight is 401 g/mol. The fourth-order valence-electron chi connectivity index (χ4n) is 4.62. The van der Waals surface area contributed by atoms with Gasteiger partial charge in [-0.15, -0.1) is 11.8 Å². The third kappa shape index (κ3) is 3.59. The number of nitrogens with one attached hydrogen (secondary N) is 1. The summed E-state index contributed by atoms with van der Waals surface area (Å²) in [5.41, 5.74) is 6.95. The smallest absolute Gasteiger partial charge is 0.140 e. The first kappa shape index (κ1) is 18.5. The SMILES string of the molecule is CSc1ccc(/C=N\N2CC[NH+](C3c4ccccc4-c4ccccc43)CC2)cc1. The van der Waals surface area contributed by atoms with Crippen LogP contribution in [0.1, 0.15) is 22.7 Å². The molecule has 0 saturated carbocycles. The van der Waals surface area contributed by atoms with Crippen molar-refractivity contribution in [3.8, 4) is 11.1 Å². The lowest BCUT2D eigenvalue weighted by Gasteiger charge is -2.34. The molecule has 29 heavy (non-hydrogen) atoms. The molecule has 5 rings (SSSR count). The van der Waals surface area contributed by atoms with Crippen LogP contribution in [0.15, 0.2) is 82.8 Å². The Hall–Kier alpha value is -2.56. The highest BCUT2D eigenvalue weighted by Crippen LogP contribution is 2.41.